The largest absolute Gasteiger partial charge is 0.497 e. The van der Waals surface area contributed by atoms with Crippen LogP contribution in [0.15, 0.2) is 30.9 Å². The Labute approximate surface area is 114 Å². The monoisotopic (exact) mass is 288 g/mol. The van der Waals surface area contributed by atoms with Gasteiger partial charge >= 0.3 is 12.2 Å². The number of rotatable bonds is 5. The highest BCUT2D eigenvalue weighted by atomic mass is 19.4. The first-order chi connectivity index (χ1) is 9.38. The van der Waals surface area contributed by atoms with Gasteiger partial charge in [-0.15, -0.1) is 6.58 Å². The number of hydrogen-bond donors (Lipinski definition) is 2. The van der Waals surface area contributed by atoms with Gasteiger partial charge in [-0.1, -0.05) is 12.1 Å². The minimum absolute atomic E-state index is 0.0351. The first kappa shape index (κ1) is 15.9. The number of carbonyl (C=O) groups excluding carboxylic acids is 1. The van der Waals surface area contributed by atoms with Crippen LogP contribution in [-0.2, 0) is 12.7 Å². The molecule has 0 saturated heterocycles. The molecule has 0 saturated carbocycles. The lowest BCUT2D eigenvalue weighted by molar-refractivity contribution is -0.138. The molecule has 1 aromatic rings. The lowest BCUT2D eigenvalue weighted by Gasteiger charge is -2.15. The number of hydrogen-bond acceptors (Lipinski definition) is 2. The van der Waals surface area contributed by atoms with Gasteiger partial charge in [0.1, 0.15) is 5.75 Å². The van der Waals surface area contributed by atoms with Crippen LogP contribution in [0.3, 0.4) is 0 Å². The molecule has 0 unspecified atom stereocenters. The Balaban J connectivity index is 2.84. The summed E-state index contributed by atoms with van der Waals surface area (Å²) in [4.78, 5) is 11.3. The first-order valence-electron chi connectivity index (χ1n) is 5.75. The highest BCUT2D eigenvalue weighted by Crippen LogP contribution is 2.34. The summed E-state index contributed by atoms with van der Waals surface area (Å²) in [5.74, 6) is 0.109. The Bertz CT molecular complexity index is 487. The van der Waals surface area contributed by atoms with E-state index >= 15 is 0 Å². The van der Waals surface area contributed by atoms with Gasteiger partial charge in [-0.25, -0.2) is 4.79 Å². The van der Waals surface area contributed by atoms with Gasteiger partial charge in [0, 0.05) is 13.1 Å². The van der Waals surface area contributed by atoms with E-state index in [9.17, 15) is 18.0 Å². The molecular formula is C13H15F3N2O2. The van der Waals surface area contributed by atoms with Crippen molar-refractivity contribution in [2.24, 2.45) is 0 Å². The van der Waals surface area contributed by atoms with E-state index in [0.29, 0.717) is 0 Å². The zero-order valence-electron chi connectivity index (χ0n) is 10.9. The maximum Gasteiger partial charge on any atom is 0.416 e. The van der Waals surface area contributed by atoms with Crippen LogP contribution < -0.4 is 15.4 Å². The number of ether oxygens (including phenoxy) is 1. The third-order valence-electron chi connectivity index (χ3n) is 2.47. The Morgan fingerprint density at radius 2 is 2.10 bits per heavy atom. The summed E-state index contributed by atoms with van der Waals surface area (Å²) in [5.41, 5.74) is -0.868. The number of halogens is 3. The second-order valence-electron chi connectivity index (χ2n) is 3.87. The van der Waals surface area contributed by atoms with Crippen molar-refractivity contribution < 1.29 is 22.7 Å². The zero-order valence-corrected chi connectivity index (χ0v) is 10.9. The third kappa shape index (κ3) is 4.49. The van der Waals surface area contributed by atoms with Crippen LogP contribution in [0.25, 0.3) is 0 Å². The highest BCUT2D eigenvalue weighted by molar-refractivity contribution is 5.74. The van der Waals surface area contributed by atoms with Gasteiger partial charge in [-0.05, 0) is 17.7 Å². The molecule has 1 aromatic carbocycles. The molecule has 0 atom stereocenters. The molecule has 0 bridgehead atoms. The third-order valence-corrected chi connectivity index (χ3v) is 2.47. The Morgan fingerprint density at radius 3 is 2.65 bits per heavy atom. The predicted octanol–water partition coefficient (Wildman–Crippen LogP) is 2.70. The smallest absolute Gasteiger partial charge is 0.416 e. The molecule has 0 aliphatic heterocycles. The van der Waals surface area contributed by atoms with Crippen molar-refractivity contribution in [1.29, 1.82) is 0 Å². The molecule has 0 aliphatic rings. The lowest BCUT2D eigenvalue weighted by atomic mass is 10.1. The van der Waals surface area contributed by atoms with Gasteiger partial charge in [0.05, 0.1) is 12.7 Å². The van der Waals surface area contributed by atoms with Crippen molar-refractivity contribution in [3.63, 3.8) is 0 Å². The van der Waals surface area contributed by atoms with Crippen LogP contribution in [0.2, 0.25) is 0 Å². The molecule has 110 valence electrons. The summed E-state index contributed by atoms with van der Waals surface area (Å²) in [6, 6.07) is 3.02. The average Bonchev–Trinajstić information content (AvgIpc) is 2.41. The van der Waals surface area contributed by atoms with Crippen molar-refractivity contribution in [3.8, 4) is 5.75 Å². The molecular weight excluding hydrogens is 273 g/mol. The summed E-state index contributed by atoms with van der Waals surface area (Å²) in [5, 5.41) is 4.75. The Hall–Kier alpha value is -2.18. The zero-order chi connectivity index (χ0) is 15.2. The number of benzene rings is 1. The Kier molecular flexibility index (Phi) is 5.42. The van der Waals surface area contributed by atoms with Crippen molar-refractivity contribution in [2.75, 3.05) is 13.7 Å². The molecule has 0 heterocycles. The number of amides is 2. The van der Waals surface area contributed by atoms with Gasteiger partial charge in [-0.2, -0.15) is 13.2 Å². The van der Waals surface area contributed by atoms with Gasteiger partial charge in [-0.3, -0.25) is 0 Å². The van der Waals surface area contributed by atoms with E-state index in [0.717, 1.165) is 6.07 Å². The minimum Gasteiger partial charge on any atom is -0.497 e. The molecule has 1 rings (SSSR count). The molecule has 0 aromatic heterocycles. The van der Waals surface area contributed by atoms with Crippen molar-refractivity contribution in [3.05, 3.63) is 42.0 Å². The maximum absolute atomic E-state index is 12.9. The summed E-state index contributed by atoms with van der Waals surface area (Å²) in [6.45, 7) is 3.41. The molecule has 0 radical (unpaired) electrons. The van der Waals surface area contributed by atoms with Crippen LogP contribution in [0.5, 0.6) is 5.75 Å². The van der Waals surface area contributed by atoms with E-state index in [4.69, 9.17) is 4.74 Å². The van der Waals surface area contributed by atoms with E-state index in [1.807, 2.05) is 0 Å². The quantitative estimate of drug-likeness (QED) is 0.818. The number of alkyl halides is 3. The molecule has 2 amide bonds. The fourth-order valence-corrected chi connectivity index (χ4v) is 1.50. The van der Waals surface area contributed by atoms with Crippen LogP contribution in [0, 0.1) is 0 Å². The Morgan fingerprint density at radius 1 is 1.40 bits per heavy atom. The first-order valence-corrected chi connectivity index (χ1v) is 5.75. The van der Waals surface area contributed by atoms with Gasteiger partial charge in [0.15, 0.2) is 0 Å². The number of methoxy groups -OCH3 is 1. The van der Waals surface area contributed by atoms with E-state index in [1.54, 1.807) is 0 Å². The molecule has 20 heavy (non-hydrogen) atoms. The van der Waals surface area contributed by atoms with Crippen molar-refractivity contribution in [1.82, 2.24) is 10.6 Å². The average molecular weight is 288 g/mol. The van der Waals surface area contributed by atoms with Crippen LogP contribution in [-0.4, -0.2) is 19.7 Å². The second-order valence-corrected chi connectivity index (χ2v) is 3.87. The standard InChI is InChI=1S/C13H15F3N2O2/c1-3-6-17-12(19)18-8-9-4-5-10(20-2)7-11(9)13(14,15)16/h3-5,7H,1,6,8H2,2H3,(H2,17,18,19). The van der Waals surface area contributed by atoms with Crippen LogP contribution in [0.1, 0.15) is 11.1 Å². The number of carbonyl (C=O) groups is 1. The summed E-state index contributed by atoms with van der Waals surface area (Å²) < 4.78 is 43.5. The second kappa shape index (κ2) is 6.83. The number of urea groups is 1. The van der Waals surface area contributed by atoms with E-state index in [2.05, 4.69) is 17.2 Å². The molecule has 0 aliphatic carbocycles. The molecule has 4 nitrogen and oxygen atoms in total. The minimum atomic E-state index is -4.51. The van der Waals surface area contributed by atoms with Crippen LogP contribution in [0.4, 0.5) is 18.0 Å². The predicted molar refractivity (Wildman–Crippen MR) is 68.4 cm³/mol. The summed E-state index contributed by atoms with van der Waals surface area (Å²) in [7, 11) is 1.29. The summed E-state index contributed by atoms with van der Waals surface area (Å²) >= 11 is 0. The van der Waals surface area contributed by atoms with Gasteiger partial charge < -0.3 is 15.4 Å². The SMILES string of the molecule is C=CCNC(=O)NCc1ccc(OC)cc1C(F)(F)F. The molecule has 0 spiro atoms. The van der Waals surface area contributed by atoms with Crippen LogP contribution >= 0.6 is 0 Å². The fraction of sp³-hybridized carbons (Fsp3) is 0.308. The fourth-order valence-electron chi connectivity index (χ4n) is 1.50. The number of nitrogens with one attached hydrogen (secondary N) is 2. The van der Waals surface area contributed by atoms with E-state index in [1.165, 1.54) is 25.3 Å². The lowest BCUT2D eigenvalue weighted by Crippen LogP contribution is -2.35. The van der Waals surface area contributed by atoms with Gasteiger partial charge in [0.25, 0.3) is 0 Å². The molecule has 0 fully saturated rings. The topological polar surface area (TPSA) is 50.4 Å². The maximum atomic E-state index is 12.9. The normalized spacial score (nSPS) is 10.8. The van der Waals surface area contributed by atoms with Gasteiger partial charge in [0.2, 0.25) is 0 Å². The van der Waals surface area contributed by atoms with E-state index < -0.39 is 17.8 Å². The van der Waals surface area contributed by atoms with Crippen molar-refractivity contribution in [2.45, 2.75) is 12.7 Å². The highest BCUT2D eigenvalue weighted by Gasteiger charge is 2.33. The summed E-state index contributed by atoms with van der Waals surface area (Å²) in [6.07, 6.45) is -3.04. The van der Waals surface area contributed by atoms with E-state index in [-0.39, 0.29) is 24.4 Å². The molecule has 7 heteroatoms. The molecule has 2 N–H and O–H groups in total. The van der Waals surface area contributed by atoms with Crippen molar-refractivity contribution >= 4 is 6.03 Å².